The lowest BCUT2D eigenvalue weighted by Gasteiger charge is -2.31. The van der Waals surface area contributed by atoms with E-state index in [-0.39, 0.29) is 17.2 Å². The Morgan fingerprint density at radius 2 is 1.40 bits per heavy atom. The molecule has 6 heteroatoms. The van der Waals surface area contributed by atoms with Gasteiger partial charge in [0.15, 0.2) is 0 Å². The molecule has 0 aromatic heterocycles. The molecule has 0 aliphatic carbocycles. The highest BCUT2D eigenvalue weighted by atomic mass is 32.2. The largest absolute Gasteiger partial charge is 0.374 e. The normalized spacial score (nSPS) is 13.3. The second kappa shape index (κ2) is 12.3. The van der Waals surface area contributed by atoms with Crippen LogP contribution in [0.1, 0.15) is 88.5 Å². The topological polar surface area (TPSA) is 67.4 Å². The predicted octanol–water partition coefficient (Wildman–Crippen LogP) is 5.04. The van der Waals surface area contributed by atoms with Crippen molar-refractivity contribution in [2.24, 2.45) is 16.2 Å². The first-order valence-corrected chi connectivity index (χ1v) is 12.4. The molecule has 0 saturated carbocycles. The highest BCUT2D eigenvalue weighted by Gasteiger charge is 2.31. The van der Waals surface area contributed by atoms with Crippen molar-refractivity contribution in [1.82, 2.24) is 10.6 Å². The summed E-state index contributed by atoms with van der Waals surface area (Å²) in [6, 6.07) is 0. The van der Waals surface area contributed by atoms with Crippen molar-refractivity contribution in [1.29, 1.82) is 0 Å². The summed E-state index contributed by atoms with van der Waals surface area (Å²) in [7, 11) is 0. The van der Waals surface area contributed by atoms with E-state index in [1.54, 1.807) is 0 Å². The lowest BCUT2D eigenvalue weighted by atomic mass is 9.90. The predicted molar refractivity (Wildman–Crippen MR) is 130 cm³/mol. The Morgan fingerprint density at radius 3 is 1.93 bits per heavy atom. The maximum absolute atomic E-state index is 12.5. The fourth-order valence-corrected chi connectivity index (χ4v) is 3.45. The van der Waals surface area contributed by atoms with Crippen LogP contribution in [0, 0.1) is 16.2 Å². The highest BCUT2D eigenvalue weighted by molar-refractivity contribution is 7.99. The van der Waals surface area contributed by atoms with Crippen LogP contribution in [0.4, 0.5) is 0 Å². The molecule has 5 nitrogen and oxygen atoms in total. The van der Waals surface area contributed by atoms with Gasteiger partial charge >= 0.3 is 0 Å². The second-order valence-electron chi connectivity index (χ2n) is 12.0. The van der Waals surface area contributed by atoms with Gasteiger partial charge < -0.3 is 15.4 Å². The van der Waals surface area contributed by atoms with Gasteiger partial charge in [-0.1, -0.05) is 41.5 Å². The van der Waals surface area contributed by atoms with E-state index in [4.69, 9.17) is 4.74 Å². The second-order valence-corrected chi connectivity index (χ2v) is 13.1. The number of amides is 2. The van der Waals surface area contributed by atoms with Crippen molar-refractivity contribution in [3.05, 3.63) is 0 Å². The van der Waals surface area contributed by atoms with E-state index >= 15 is 0 Å². The summed E-state index contributed by atoms with van der Waals surface area (Å²) < 4.78 is 6.07. The van der Waals surface area contributed by atoms with Gasteiger partial charge in [-0.3, -0.25) is 9.59 Å². The molecule has 30 heavy (non-hydrogen) atoms. The third-order valence-electron chi connectivity index (χ3n) is 4.66. The molecular weight excluding hydrogens is 396 g/mol. The van der Waals surface area contributed by atoms with Gasteiger partial charge in [-0.25, -0.2) is 0 Å². The van der Waals surface area contributed by atoms with Crippen LogP contribution in [-0.2, 0) is 14.3 Å². The number of rotatable bonds is 13. The van der Waals surface area contributed by atoms with E-state index in [1.165, 1.54) is 0 Å². The molecule has 0 saturated heterocycles. The van der Waals surface area contributed by atoms with Crippen LogP contribution in [0.15, 0.2) is 0 Å². The van der Waals surface area contributed by atoms with Crippen LogP contribution in [0.25, 0.3) is 0 Å². The van der Waals surface area contributed by atoms with E-state index in [2.05, 4.69) is 52.2 Å². The summed E-state index contributed by atoms with van der Waals surface area (Å²) in [6.07, 6.45) is 2.12. The summed E-state index contributed by atoms with van der Waals surface area (Å²) in [6.45, 7) is 22.5. The Morgan fingerprint density at radius 1 is 0.800 bits per heavy atom. The van der Waals surface area contributed by atoms with Crippen LogP contribution in [0.5, 0.6) is 0 Å². The number of ether oxygens (including phenoxy) is 1. The van der Waals surface area contributed by atoms with E-state index in [9.17, 15) is 9.59 Å². The molecule has 178 valence electrons. The molecule has 0 heterocycles. The zero-order chi connectivity index (χ0) is 23.6. The van der Waals surface area contributed by atoms with Crippen LogP contribution in [-0.4, -0.2) is 48.6 Å². The number of carbonyl (C=O) groups excluding carboxylic acids is 2. The summed E-state index contributed by atoms with van der Waals surface area (Å²) >= 11 is 1.87. The van der Waals surface area contributed by atoms with Crippen molar-refractivity contribution in [3.63, 3.8) is 0 Å². The zero-order valence-corrected chi connectivity index (χ0v) is 22.1. The third kappa shape index (κ3) is 16.0. The summed E-state index contributed by atoms with van der Waals surface area (Å²) in [4.78, 5) is 24.5. The van der Waals surface area contributed by atoms with Gasteiger partial charge in [0.1, 0.15) is 0 Å². The summed E-state index contributed by atoms with van der Waals surface area (Å²) in [5.41, 5.74) is -0.532. The summed E-state index contributed by atoms with van der Waals surface area (Å²) in [5.74, 6) is 2.10. The van der Waals surface area contributed by atoms with Gasteiger partial charge in [-0.15, -0.1) is 0 Å². The zero-order valence-electron chi connectivity index (χ0n) is 21.3. The van der Waals surface area contributed by atoms with E-state index < -0.39 is 11.0 Å². The molecule has 2 N–H and O–H groups in total. The van der Waals surface area contributed by atoms with E-state index in [0.717, 1.165) is 17.9 Å². The highest BCUT2D eigenvalue weighted by Crippen LogP contribution is 2.23. The molecule has 0 spiro atoms. The SMILES string of the molecule is CC(C)(C)CCC(=O)NCCC(C)(C)OCC(C)(C)C(=O)NCCSCC(C)(C)C. The van der Waals surface area contributed by atoms with E-state index in [1.807, 2.05) is 39.5 Å². The van der Waals surface area contributed by atoms with E-state index in [0.29, 0.717) is 38.0 Å². The van der Waals surface area contributed by atoms with Gasteiger partial charge in [0.2, 0.25) is 11.8 Å². The fraction of sp³-hybridized carbons (Fsp3) is 0.917. The minimum Gasteiger partial charge on any atom is -0.374 e. The minimum absolute atomic E-state index is 0.0186. The van der Waals surface area contributed by atoms with Crippen LogP contribution in [0.3, 0.4) is 0 Å². The van der Waals surface area contributed by atoms with Gasteiger partial charge in [0, 0.05) is 25.3 Å². The fourth-order valence-electron chi connectivity index (χ4n) is 2.45. The first kappa shape index (κ1) is 29.2. The Hall–Kier alpha value is -0.750. The quantitative estimate of drug-likeness (QED) is 0.391. The minimum atomic E-state index is -0.595. The molecule has 0 aliphatic heterocycles. The molecule has 0 rings (SSSR count). The Labute approximate surface area is 190 Å². The maximum atomic E-state index is 12.5. The Kier molecular flexibility index (Phi) is 12.0. The molecule has 0 atom stereocenters. The first-order valence-electron chi connectivity index (χ1n) is 11.2. The average molecular weight is 445 g/mol. The first-order chi connectivity index (χ1) is 13.4. The number of carbonyl (C=O) groups is 2. The van der Waals surface area contributed by atoms with Gasteiger partial charge in [-0.05, 0) is 57.1 Å². The van der Waals surface area contributed by atoms with Crippen molar-refractivity contribution >= 4 is 23.6 Å². The summed E-state index contributed by atoms with van der Waals surface area (Å²) in [5, 5.41) is 6.01. The maximum Gasteiger partial charge on any atom is 0.228 e. The molecule has 0 unspecified atom stereocenters. The van der Waals surface area contributed by atoms with Crippen molar-refractivity contribution < 1.29 is 14.3 Å². The molecule has 0 aliphatic rings. The molecule has 0 radical (unpaired) electrons. The van der Waals surface area contributed by atoms with Crippen LogP contribution < -0.4 is 10.6 Å². The van der Waals surface area contributed by atoms with Crippen LogP contribution in [0.2, 0.25) is 0 Å². The lowest BCUT2D eigenvalue weighted by Crippen LogP contribution is -2.43. The van der Waals surface area contributed by atoms with Crippen molar-refractivity contribution in [3.8, 4) is 0 Å². The standard InChI is InChI=1S/C24H48N2O3S/c1-21(2,3)12-11-19(27)25-14-13-24(9,10)29-17-23(7,8)20(28)26-15-16-30-18-22(4,5)6/h11-18H2,1-10H3,(H,25,27)(H,26,28). The number of nitrogens with one attached hydrogen (secondary N) is 2. The number of hydrogen-bond donors (Lipinski definition) is 2. The third-order valence-corrected chi connectivity index (χ3v) is 6.22. The molecule has 0 aromatic carbocycles. The average Bonchev–Trinajstić information content (AvgIpc) is 2.56. The lowest BCUT2D eigenvalue weighted by molar-refractivity contribution is -0.136. The number of thioether (sulfide) groups is 1. The van der Waals surface area contributed by atoms with Gasteiger partial charge in [0.25, 0.3) is 0 Å². The smallest absolute Gasteiger partial charge is 0.228 e. The molecule has 0 aromatic rings. The monoisotopic (exact) mass is 444 g/mol. The van der Waals surface area contributed by atoms with Crippen molar-refractivity contribution in [2.75, 3.05) is 31.2 Å². The molecule has 0 fully saturated rings. The molecule has 2 amide bonds. The van der Waals surface area contributed by atoms with Gasteiger partial charge in [-0.2, -0.15) is 11.8 Å². The Balaban J connectivity index is 4.20. The van der Waals surface area contributed by atoms with Gasteiger partial charge in [0.05, 0.1) is 17.6 Å². The number of hydrogen-bond acceptors (Lipinski definition) is 4. The Bertz CT molecular complexity index is 532. The van der Waals surface area contributed by atoms with Crippen LogP contribution >= 0.6 is 11.8 Å². The molecular formula is C24H48N2O3S. The van der Waals surface area contributed by atoms with Crippen molar-refractivity contribution in [2.45, 2.75) is 94.1 Å². The molecule has 0 bridgehead atoms.